The Morgan fingerprint density at radius 1 is 1.12 bits per heavy atom. The van der Waals surface area contributed by atoms with Gasteiger partial charge < -0.3 is 4.90 Å². The van der Waals surface area contributed by atoms with Crippen molar-refractivity contribution in [2.24, 2.45) is 17.8 Å². The van der Waals surface area contributed by atoms with Gasteiger partial charge in [0.05, 0.1) is 5.92 Å². The average Bonchev–Trinajstić information content (AvgIpc) is 2.95. The largest absolute Gasteiger partial charge is 0.334 e. The highest BCUT2D eigenvalue weighted by molar-refractivity contribution is 5.87. The minimum atomic E-state index is 0.400. The summed E-state index contributed by atoms with van der Waals surface area (Å²) >= 11 is 0. The van der Waals surface area contributed by atoms with Crippen molar-refractivity contribution in [2.75, 3.05) is 0 Å². The van der Waals surface area contributed by atoms with Gasteiger partial charge >= 0.3 is 0 Å². The Morgan fingerprint density at radius 3 is 2.71 bits per heavy atom. The summed E-state index contributed by atoms with van der Waals surface area (Å²) in [4.78, 5) is 14.3. The molecular formula is C15H17NO. The standard InChI is InChI=1S/C15H17NO/c17-15-13-11-6-7-12(8-11)14(13)16(15)9-10-4-2-1-3-5-10/h1-5,11-14H,6-9H2/t11-,12+,13-,14-/m0/s1. The number of fused-ring (bicyclic) bond motifs is 5. The second kappa shape index (κ2) is 3.34. The number of rotatable bonds is 2. The van der Waals surface area contributed by atoms with Crippen molar-refractivity contribution < 1.29 is 4.79 Å². The van der Waals surface area contributed by atoms with Crippen molar-refractivity contribution in [3.05, 3.63) is 35.9 Å². The molecule has 88 valence electrons. The van der Waals surface area contributed by atoms with E-state index in [4.69, 9.17) is 0 Å². The summed E-state index contributed by atoms with van der Waals surface area (Å²) in [6.45, 7) is 0.823. The molecule has 1 aliphatic heterocycles. The van der Waals surface area contributed by atoms with Crippen LogP contribution >= 0.6 is 0 Å². The maximum Gasteiger partial charge on any atom is 0.228 e. The third-order valence-electron chi connectivity index (χ3n) is 5.00. The second-order valence-electron chi connectivity index (χ2n) is 5.80. The summed E-state index contributed by atoms with van der Waals surface area (Å²) < 4.78 is 0. The van der Waals surface area contributed by atoms with Crippen LogP contribution in [0.2, 0.25) is 0 Å². The molecule has 2 nitrogen and oxygen atoms in total. The average molecular weight is 227 g/mol. The first-order valence-electron chi connectivity index (χ1n) is 6.69. The van der Waals surface area contributed by atoms with Gasteiger partial charge in [0.2, 0.25) is 5.91 Å². The summed E-state index contributed by atoms with van der Waals surface area (Å²) in [5.41, 5.74) is 1.27. The molecule has 2 saturated carbocycles. The number of benzene rings is 1. The Morgan fingerprint density at radius 2 is 1.88 bits per heavy atom. The predicted molar refractivity (Wildman–Crippen MR) is 65.1 cm³/mol. The minimum absolute atomic E-state index is 0.400. The van der Waals surface area contributed by atoms with Gasteiger partial charge in [-0.3, -0.25) is 4.79 Å². The molecule has 2 aliphatic carbocycles. The SMILES string of the molecule is O=C1[C@H]2[C@H]3CC[C@H](C3)[C@@H]2N1Cc1ccccc1. The van der Waals surface area contributed by atoms with Crippen molar-refractivity contribution in [3.8, 4) is 0 Å². The fourth-order valence-electron chi connectivity index (χ4n) is 4.28. The molecule has 2 bridgehead atoms. The molecule has 17 heavy (non-hydrogen) atoms. The van der Waals surface area contributed by atoms with Crippen LogP contribution in [0.1, 0.15) is 24.8 Å². The summed E-state index contributed by atoms with van der Waals surface area (Å²) in [6, 6.07) is 11.0. The van der Waals surface area contributed by atoms with Crippen molar-refractivity contribution >= 4 is 5.91 Å². The molecule has 0 unspecified atom stereocenters. The number of carbonyl (C=O) groups excluding carboxylic acids is 1. The molecule has 0 aromatic heterocycles. The molecule has 1 aromatic rings. The van der Waals surface area contributed by atoms with E-state index in [2.05, 4.69) is 29.2 Å². The van der Waals surface area contributed by atoms with E-state index < -0.39 is 0 Å². The van der Waals surface area contributed by atoms with E-state index in [1.165, 1.54) is 24.8 Å². The summed E-state index contributed by atoms with van der Waals surface area (Å²) in [6.07, 6.45) is 3.97. The van der Waals surface area contributed by atoms with Crippen LogP contribution in [0.5, 0.6) is 0 Å². The Balaban J connectivity index is 1.55. The first-order valence-corrected chi connectivity index (χ1v) is 6.69. The molecule has 1 saturated heterocycles. The van der Waals surface area contributed by atoms with Crippen LogP contribution in [0.15, 0.2) is 30.3 Å². The van der Waals surface area contributed by atoms with Crippen molar-refractivity contribution in [1.29, 1.82) is 0 Å². The van der Waals surface area contributed by atoms with Gasteiger partial charge in [-0.2, -0.15) is 0 Å². The number of carbonyl (C=O) groups is 1. The van der Waals surface area contributed by atoms with Gasteiger partial charge in [-0.05, 0) is 36.7 Å². The molecule has 4 rings (SSSR count). The molecule has 1 aromatic carbocycles. The molecule has 2 heteroatoms. The third-order valence-corrected chi connectivity index (χ3v) is 5.00. The van der Waals surface area contributed by atoms with Gasteiger partial charge in [0.1, 0.15) is 0 Å². The molecular weight excluding hydrogens is 210 g/mol. The maximum atomic E-state index is 12.2. The fourth-order valence-corrected chi connectivity index (χ4v) is 4.28. The van der Waals surface area contributed by atoms with Crippen LogP contribution < -0.4 is 0 Å². The van der Waals surface area contributed by atoms with Crippen molar-refractivity contribution in [2.45, 2.75) is 31.8 Å². The van der Waals surface area contributed by atoms with E-state index in [9.17, 15) is 4.79 Å². The zero-order valence-corrected chi connectivity index (χ0v) is 9.88. The Bertz CT molecular complexity index is 455. The normalized spacial score (nSPS) is 38.1. The van der Waals surface area contributed by atoms with E-state index in [1.54, 1.807) is 0 Å². The summed E-state index contributed by atoms with van der Waals surface area (Å²) in [5.74, 6) is 2.36. The number of likely N-dealkylation sites (tertiary alicyclic amines) is 1. The van der Waals surface area contributed by atoms with Gasteiger partial charge in [-0.15, -0.1) is 0 Å². The van der Waals surface area contributed by atoms with Gasteiger partial charge in [0, 0.05) is 12.6 Å². The molecule has 3 aliphatic rings. The molecule has 3 fully saturated rings. The van der Waals surface area contributed by atoms with E-state index in [-0.39, 0.29) is 0 Å². The Labute approximate surface area is 102 Å². The lowest BCUT2D eigenvalue weighted by Gasteiger charge is -2.49. The second-order valence-corrected chi connectivity index (χ2v) is 5.80. The third kappa shape index (κ3) is 1.24. The van der Waals surface area contributed by atoms with Gasteiger partial charge in [0.15, 0.2) is 0 Å². The first kappa shape index (κ1) is 9.69. The smallest absolute Gasteiger partial charge is 0.228 e. The highest BCUT2D eigenvalue weighted by Crippen LogP contribution is 2.56. The molecule has 0 N–H and O–H groups in total. The van der Waals surface area contributed by atoms with Crippen molar-refractivity contribution in [3.63, 3.8) is 0 Å². The number of hydrogen-bond acceptors (Lipinski definition) is 1. The predicted octanol–water partition coefficient (Wildman–Crippen LogP) is 2.44. The van der Waals surface area contributed by atoms with Crippen molar-refractivity contribution in [1.82, 2.24) is 4.90 Å². The van der Waals surface area contributed by atoms with Gasteiger partial charge in [0.25, 0.3) is 0 Å². The Kier molecular flexibility index (Phi) is 1.91. The number of β-lactam (4-membered cyclic amide) rings is 1. The lowest BCUT2D eigenvalue weighted by atomic mass is 9.76. The zero-order valence-electron chi connectivity index (χ0n) is 9.88. The van der Waals surface area contributed by atoms with Crippen LogP contribution in [0.4, 0.5) is 0 Å². The topological polar surface area (TPSA) is 20.3 Å². The molecule has 1 heterocycles. The zero-order chi connectivity index (χ0) is 11.4. The van der Waals surface area contributed by atoms with E-state index >= 15 is 0 Å². The van der Waals surface area contributed by atoms with E-state index in [0.29, 0.717) is 17.9 Å². The molecule has 0 radical (unpaired) electrons. The summed E-state index contributed by atoms with van der Waals surface area (Å²) in [7, 11) is 0. The van der Waals surface area contributed by atoms with Gasteiger partial charge in [-0.25, -0.2) is 0 Å². The van der Waals surface area contributed by atoms with E-state index in [0.717, 1.165) is 18.4 Å². The van der Waals surface area contributed by atoms with Crippen LogP contribution in [-0.2, 0) is 11.3 Å². The lowest BCUT2D eigenvalue weighted by molar-refractivity contribution is -0.161. The van der Waals surface area contributed by atoms with Gasteiger partial charge in [-0.1, -0.05) is 30.3 Å². The summed E-state index contributed by atoms with van der Waals surface area (Å²) in [5, 5.41) is 0. The maximum absolute atomic E-state index is 12.2. The lowest BCUT2D eigenvalue weighted by Crippen LogP contribution is -2.62. The van der Waals surface area contributed by atoms with Crippen LogP contribution in [0.3, 0.4) is 0 Å². The minimum Gasteiger partial charge on any atom is -0.334 e. The van der Waals surface area contributed by atoms with Crippen LogP contribution in [0, 0.1) is 17.8 Å². The fraction of sp³-hybridized carbons (Fsp3) is 0.533. The van der Waals surface area contributed by atoms with E-state index in [1.807, 2.05) is 6.07 Å². The van der Waals surface area contributed by atoms with Crippen LogP contribution in [0.25, 0.3) is 0 Å². The first-order chi connectivity index (χ1) is 8.34. The highest BCUT2D eigenvalue weighted by Gasteiger charge is 2.61. The monoisotopic (exact) mass is 227 g/mol. The Hall–Kier alpha value is -1.31. The quantitative estimate of drug-likeness (QED) is 0.711. The molecule has 0 spiro atoms. The molecule has 1 amide bonds. The number of amides is 1. The highest BCUT2D eigenvalue weighted by atomic mass is 16.2. The molecule has 4 atom stereocenters. The van der Waals surface area contributed by atoms with Crippen LogP contribution in [-0.4, -0.2) is 16.8 Å². The number of nitrogens with zero attached hydrogens (tertiary/aromatic N) is 1. The number of hydrogen-bond donors (Lipinski definition) is 0.